The zero-order valence-electron chi connectivity index (χ0n) is 15.7. The van der Waals surface area contributed by atoms with Gasteiger partial charge in [0.05, 0.1) is 5.56 Å². The van der Waals surface area contributed by atoms with Crippen molar-refractivity contribution in [2.24, 2.45) is 0 Å². The lowest BCUT2D eigenvalue weighted by Gasteiger charge is -2.42. The number of nitrogens with zero attached hydrogens (tertiary/aromatic N) is 4. The van der Waals surface area contributed by atoms with E-state index in [-0.39, 0.29) is 18.2 Å². The number of hydrogen-bond acceptors (Lipinski definition) is 4. The third kappa shape index (κ3) is 3.39. The molecule has 0 radical (unpaired) electrons. The number of nitriles is 1. The molecular formula is C19H23IN4O2. The SMILES string of the molecule is Cc1c(C#N)c2ccc(I)nc2n1C1CC(N(C)C(=O)OC(C)(C)C)C1. The van der Waals surface area contributed by atoms with Gasteiger partial charge in [-0.25, -0.2) is 9.78 Å². The molecule has 6 nitrogen and oxygen atoms in total. The van der Waals surface area contributed by atoms with Gasteiger partial charge >= 0.3 is 6.09 Å². The number of hydrogen-bond donors (Lipinski definition) is 0. The number of aromatic nitrogens is 2. The first kappa shape index (κ1) is 19.0. The largest absolute Gasteiger partial charge is 0.444 e. The molecule has 0 unspecified atom stereocenters. The van der Waals surface area contributed by atoms with Crippen molar-refractivity contribution >= 4 is 39.7 Å². The molecule has 0 spiro atoms. The Balaban J connectivity index is 1.81. The van der Waals surface area contributed by atoms with Gasteiger partial charge in [0.15, 0.2) is 0 Å². The van der Waals surface area contributed by atoms with Crippen LogP contribution in [0.1, 0.15) is 50.9 Å². The molecule has 1 saturated carbocycles. The Morgan fingerprint density at radius 2 is 2.08 bits per heavy atom. The Kier molecular flexibility index (Phi) is 4.90. The molecule has 1 aliphatic rings. The molecule has 0 atom stereocenters. The van der Waals surface area contributed by atoms with Crippen LogP contribution in [0.2, 0.25) is 0 Å². The van der Waals surface area contributed by atoms with E-state index in [1.165, 1.54) is 0 Å². The van der Waals surface area contributed by atoms with Gasteiger partial charge in [-0.3, -0.25) is 0 Å². The minimum absolute atomic E-state index is 0.139. The number of halogens is 1. The first-order chi connectivity index (χ1) is 12.1. The van der Waals surface area contributed by atoms with E-state index in [1.807, 2.05) is 39.8 Å². The highest BCUT2D eigenvalue weighted by molar-refractivity contribution is 14.1. The van der Waals surface area contributed by atoms with Crippen LogP contribution in [0.25, 0.3) is 11.0 Å². The fourth-order valence-electron chi connectivity index (χ4n) is 3.44. The van der Waals surface area contributed by atoms with Crippen LogP contribution in [0.3, 0.4) is 0 Å². The number of ether oxygens (including phenoxy) is 1. The van der Waals surface area contributed by atoms with E-state index >= 15 is 0 Å². The number of fused-ring (bicyclic) bond motifs is 1. The van der Waals surface area contributed by atoms with Crippen LogP contribution in [0.15, 0.2) is 12.1 Å². The lowest BCUT2D eigenvalue weighted by atomic mass is 9.85. The van der Waals surface area contributed by atoms with Crippen LogP contribution in [-0.2, 0) is 4.74 Å². The van der Waals surface area contributed by atoms with E-state index in [0.29, 0.717) is 5.56 Å². The Morgan fingerprint density at radius 3 is 2.65 bits per heavy atom. The average molecular weight is 466 g/mol. The van der Waals surface area contributed by atoms with Crippen molar-refractivity contribution in [1.82, 2.24) is 14.5 Å². The zero-order valence-corrected chi connectivity index (χ0v) is 17.9. The van der Waals surface area contributed by atoms with Crippen LogP contribution >= 0.6 is 22.6 Å². The third-order valence-corrected chi connectivity index (χ3v) is 5.46. The number of rotatable bonds is 2. The summed E-state index contributed by atoms with van der Waals surface area (Å²) in [4.78, 5) is 18.6. The maximum atomic E-state index is 12.3. The predicted molar refractivity (Wildman–Crippen MR) is 108 cm³/mol. The molecule has 2 aromatic rings. The van der Waals surface area contributed by atoms with Crippen LogP contribution in [-0.4, -0.2) is 39.2 Å². The summed E-state index contributed by atoms with van der Waals surface area (Å²) < 4.78 is 8.52. The second-order valence-electron chi connectivity index (χ2n) is 7.82. The smallest absolute Gasteiger partial charge is 0.410 e. The van der Waals surface area contributed by atoms with Crippen LogP contribution in [0.4, 0.5) is 4.79 Å². The molecule has 0 aliphatic heterocycles. The highest BCUT2D eigenvalue weighted by atomic mass is 127. The van der Waals surface area contributed by atoms with Gasteiger partial charge in [-0.2, -0.15) is 5.26 Å². The predicted octanol–water partition coefficient (Wildman–Crippen LogP) is 4.39. The summed E-state index contributed by atoms with van der Waals surface area (Å²) in [5.74, 6) is 0. The Hall–Kier alpha value is -1.82. The second-order valence-corrected chi connectivity index (χ2v) is 8.92. The molecule has 7 heteroatoms. The molecule has 1 aliphatic carbocycles. The molecule has 1 amide bonds. The van der Waals surface area contributed by atoms with Gasteiger partial charge in [-0.1, -0.05) is 0 Å². The van der Waals surface area contributed by atoms with Gasteiger partial charge in [0.2, 0.25) is 0 Å². The summed E-state index contributed by atoms with van der Waals surface area (Å²) in [6, 6.07) is 6.58. The van der Waals surface area contributed by atoms with Crippen LogP contribution in [0.5, 0.6) is 0 Å². The zero-order chi connectivity index (χ0) is 19.2. The monoisotopic (exact) mass is 466 g/mol. The van der Waals surface area contributed by atoms with E-state index in [9.17, 15) is 10.1 Å². The Bertz CT molecular complexity index is 901. The van der Waals surface area contributed by atoms with Crippen molar-refractivity contribution in [3.63, 3.8) is 0 Å². The van der Waals surface area contributed by atoms with Crippen LogP contribution in [0, 0.1) is 22.0 Å². The summed E-state index contributed by atoms with van der Waals surface area (Å²) in [5.41, 5.74) is 1.99. The summed E-state index contributed by atoms with van der Waals surface area (Å²) in [5, 5.41) is 10.4. The number of pyridine rings is 1. The van der Waals surface area contributed by atoms with Crippen LogP contribution < -0.4 is 0 Å². The quantitative estimate of drug-likeness (QED) is 0.486. The number of amides is 1. The number of carbonyl (C=O) groups excluding carboxylic acids is 1. The Labute approximate surface area is 167 Å². The molecule has 2 heterocycles. The van der Waals surface area contributed by atoms with Crippen molar-refractivity contribution in [2.45, 2.75) is 58.2 Å². The summed E-state index contributed by atoms with van der Waals surface area (Å²) in [6.45, 7) is 7.58. The van der Waals surface area contributed by atoms with Gasteiger partial charge in [0, 0.05) is 30.2 Å². The van der Waals surface area contributed by atoms with E-state index in [0.717, 1.165) is 33.3 Å². The fourth-order valence-corrected chi connectivity index (χ4v) is 3.84. The summed E-state index contributed by atoms with van der Waals surface area (Å²) in [7, 11) is 1.79. The van der Waals surface area contributed by atoms with E-state index < -0.39 is 5.60 Å². The third-order valence-electron chi connectivity index (χ3n) is 4.86. The van der Waals surface area contributed by atoms with Gasteiger partial charge in [0.1, 0.15) is 21.0 Å². The second kappa shape index (κ2) is 6.72. The fraction of sp³-hybridized carbons (Fsp3) is 0.526. The average Bonchev–Trinajstić information content (AvgIpc) is 2.75. The van der Waals surface area contributed by atoms with Crippen molar-refractivity contribution in [1.29, 1.82) is 5.26 Å². The standard InChI is InChI=1S/C19H23IN4O2/c1-11-15(10-21)14-6-7-16(20)22-17(14)24(11)13-8-12(9-13)23(5)18(25)26-19(2,3)4/h6-7,12-13H,8-9H2,1-5H3. The normalized spacial score (nSPS) is 19.7. The highest BCUT2D eigenvalue weighted by Crippen LogP contribution is 2.40. The molecule has 0 aromatic carbocycles. The summed E-state index contributed by atoms with van der Waals surface area (Å²) in [6.07, 6.45) is 1.37. The molecule has 0 bridgehead atoms. The van der Waals surface area contributed by atoms with Crippen molar-refractivity contribution in [3.8, 4) is 6.07 Å². The first-order valence-corrected chi connectivity index (χ1v) is 9.73. The molecule has 26 heavy (non-hydrogen) atoms. The lowest BCUT2D eigenvalue weighted by Crippen LogP contribution is -2.48. The lowest BCUT2D eigenvalue weighted by molar-refractivity contribution is 0.00799. The first-order valence-electron chi connectivity index (χ1n) is 8.65. The molecule has 1 fully saturated rings. The highest BCUT2D eigenvalue weighted by Gasteiger charge is 2.38. The van der Waals surface area contributed by atoms with Crippen molar-refractivity contribution in [3.05, 3.63) is 27.1 Å². The maximum Gasteiger partial charge on any atom is 0.410 e. The molecule has 0 saturated heterocycles. The summed E-state index contributed by atoms with van der Waals surface area (Å²) >= 11 is 2.19. The van der Waals surface area contributed by atoms with Gasteiger partial charge in [-0.15, -0.1) is 0 Å². The molecule has 3 rings (SSSR count). The van der Waals surface area contributed by atoms with Gasteiger partial charge in [0.25, 0.3) is 0 Å². The van der Waals surface area contributed by atoms with E-state index in [1.54, 1.807) is 11.9 Å². The number of carbonyl (C=O) groups is 1. The van der Waals surface area contributed by atoms with E-state index in [4.69, 9.17) is 4.74 Å². The minimum Gasteiger partial charge on any atom is -0.444 e. The van der Waals surface area contributed by atoms with E-state index in [2.05, 4.69) is 38.2 Å². The molecular weight excluding hydrogens is 443 g/mol. The maximum absolute atomic E-state index is 12.3. The molecule has 2 aromatic heterocycles. The van der Waals surface area contributed by atoms with Gasteiger partial charge in [-0.05, 0) is 75.3 Å². The van der Waals surface area contributed by atoms with Gasteiger partial charge < -0.3 is 14.2 Å². The Morgan fingerprint density at radius 1 is 1.42 bits per heavy atom. The molecule has 138 valence electrons. The van der Waals surface area contributed by atoms with Crippen molar-refractivity contribution < 1.29 is 9.53 Å². The van der Waals surface area contributed by atoms with Crippen molar-refractivity contribution in [2.75, 3.05) is 7.05 Å². The minimum atomic E-state index is -0.496. The topological polar surface area (TPSA) is 71.2 Å². The molecule has 0 N–H and O–H groups in total.